The lowest BCUT2D eigenvalue weighted by Gasteiger charge is -2.08. The lowest BCUT2D eigenvalue weighted by atomic mass is 10.0. The minimum Gasteiger partial charge on any atom is -0.322 e. The first-order chi connectivity index (χ1) is 12.6. The van der Waals surface area contributed by atoms with E-state index in [1.165, 1.54) is 0 Å². The molecule has 0 fully saturated rings. The van der Waals surface area contributed by atoms with Gasteiger partial charge in [0.1, 0.15) is 0 Å². The quantitative estimate of drug-likeness (QED) is 0.473. The van der Waals surface area contributed by atoms with E-state index >= 15 is 0 Å². The van der Waals surface area contributed by atoms with Gasteiger partial charge in [0.25, 0.3) is 11.8 Å². The van der Waals surface area contributed by atoms with Crippen molar-refractivity contribution in [2.45, 2.75) is 0 Å². The normalized spacial score (nSPS) is 10.2. The summed E-state index contributed by atoms with van der Waals surface area (Å²) in [7, 11) is 0. The molecule has 0 bridgehead atoms. The van der Waals surface area contributed by atoms with Crippen molar-refractivity contribution in [3.63, 3.8) is 0 Å². The van der Waals surface area contributed by atoms with Crippen molar-refractivity contribution < 1.29 is 14.8 Å². The highest BCUT2D eigenvalue weighted by Gasteiger charge is 2.08. The van der Waals surface area contributed by atoms with Crippen molar-refractivity contribution in [2.75, 3.05) is 5.32 Å². The zero-order valence-electron chi connectivity index (χ0n) is 13.6. The Morgan fingerprint density at radius 1 is 0.769 bits per heavy atom. The maximum atomic E-state index is 12.3. The summed E-state index contributed by atoms with van der Waals surface area (Å²) in [5, 5.41) is 12.1. The van der Waals surface area contributed by atoms with Crippen molar-refractivity contribution >= 4 is 29.1 Å². The van der Waals surface area contributed by atoms with Crippen LogP contribution in [0.4, 0.5) is 5.69 Å². The summed E-state index contributed by atoms with van der Waals surface area (Å²) < 4.78 is 0. The predicted octanol–water partition coefficient (Wildman–Crippen LogP) is 4.38. The van der Waals surface area contributed by atoms with Crippen LogP contribution in [-0.2, 0) is 0 Å². The molecule has 0 radical (unpaired) electrons. The number of halogens is 1. The van der Waals surface area contributed by atoms with Crippen LogP contribution in [0.1, 0.15) is 20.7 Å². The molecule has 5 nitrogen and oxygen atoms in total. The van der Waals surface area contributed by atoms with Crippen LogP contribution in [0.25, 0.3) is 11.1 Å². The molecule has 3 aromatic rings. The fraction of sp³-hybridized carbons (Fsp3) is 0. The molecule has 3 N–H and O–H groups in total. The number of benzene rings is 3. The zero-order chi connectivity index (χ0) is 18.5. The Hall–Kier alpha value is -3.15. The Morgan fingerprint density at radius 2 is 1.38 bits per heavy atom. The van der Waals surface area contributed by atoms with Crippen LogP contribution in [0.3, 0.4) is 0 Å². The molecule has 6 heteroatoms. The van der Waals surface area contributed by atoms with Gasteiger partial charge in [0.15, 0.2) is 0 Å². The Labute approximate surface area is 155 Å². The summed E-state index contributed by atoms with van der Waals surface area (Å²) in [6.07, 6.45) is 0. The SMILES string of the molecule is O=C(NO)c1ccc(-c2cccc(NC(=O)c3ccc(Cl)cc3)c2)cc1. The molecule has 0 aliphatic carbocycles. The Morgan fingerprint density at radius 3 is 2.04 bits per heavy atom. The number of hydrogen-bond donors (Lipinski definition) is 3. The van der Waals surface area contributed by atoms with Gasteiger partial charge in [-0.3, -0.25) is 14.8 Å². The van der Waals surface area contributed by atoms with Crippen LogP contribution in [-0.4, -0.2) is 17.0 Å². The van der Waals surface area contributed by atoms with Gasteiger partial charge in [-0.15, -0.1) is 0 Å². The second-order valence-electron chi connectivity index (χ2n) is 5.56. The molecule has 0 aliphatic heterocycles. The molecule has 0 atom stereocenters. The Bertz CT molecular complexity index is 938. The molecule has 0 saturated carbocycles. The molecular weight excluding hydrogens is 352 g/mol. The van der Waals surface area contributed by atoms with E-state index in [2.05, 4.69) is 5.32 Å². The first-order valence-corrected chi connectivity index (χ1v) is 8.16. The number of hydroxylamine groups is 1. The topological polar surface area (TPSA) is 78.4 Å². The fourth-order valence-electron chi connectivity index (χ4n) is 2.46. The lowest BCUT2D eigenvalue weighted by molar-refractivity contribution is 0.0706. The van der Waals surface area contributed by atoms with Crippen molar-refractivity contribution in [1.29, 1.82) is 0 Å². The summed E-state index contributed by atoms with van der Waals surface area (Å²) in [5.41, 5.74) is 4.87. The summed E-state index contributed by atoms with van der Waals surface area (Å²) in [6, 6.07) is 20.8. The van der Waals surface area contributed by atoms with Gasteiger partial charge in [0.2, 0.25) is 0 Å². The van der Waals surface area contributed by atoms with Crippen molar-refractivity contribution in [2.24, 2.45) is 0 Å². The molecule has 130 valence electrons. The number of carbonyl (C=O) groups is 2. The van der Waals surface area contributed by atoms with Crippen molar-refractivity contribution in [3.05, 3.63) is 88.9 Å². The van der Waals surface area contributed by atoms with Gasteiger partial charge in [-0.25, -0.2) is 5.48 Å². The molecule has 0 heterocycles. The van der Waals surface area contributed by atoms with E-state index in [-0.39, 0.29) is 5.91 Å². The molecule has 0 aliphatic rings. The van der Waals surface area contributed by atoms with Crippen molar-refractivity contribution in [3.8, 4) is 11.1 Å². The highest BCUT2D eigenvalue weighted by molar-refractivity contribution is 6.30. The maximum Gasteiger partial charge on any atom is 0.274 e. The summed E-state index contributed by atoms with van der Waals surface area (Å²) in [5.74, 6) is -0.797. The largest absolute Gasteiger partial charge is 0.322 e. The second-order valence-corrected chi connectivity index (χ2v) is 6.00. The third-order valence-corrected chi connectivity index (χ3v) is 4.06. The molecule has 3 aromatic carbocycles. The van der Waals surface area contributed by atoms with E-state index in [1.807, 2.05) is 18.2 Å². The molecule has 0 aromatic heterocycles. The number of rotatable bonds is 4. The molecule has 0 saturated heterocycles. The number of carbonyl (C=O) groups excluding carboxylic acids is 2. The minimum atomic E-state index is -0.569. The molecule has 3 rings (SSSR count). The van der Waals surface area contributed by atoms with Crippen LogP contribution in [0.15, 0.2) is 72.8 Å². The van der Waals surface area contributed by atoms with E-state index in [9.17, 15) is 9.59 Å². The first-order valence-electron chi connectivity index (χ1n) is 7.78. The predicted molar refractivity (Wildman–Crippen MR) is 101 cm³/mol. The molecule has 0 unspecified atom stereocenters. The first kappa shape index (κ1) is 17.7. The second kappa shape index (κ2) is 7.82. The summed E-state index contributed by atoms with van der Waals surface area (Å²) in [6.45, 7) is 0. The Kier molecular flexibility index (Phi) is 5.31. The van der Waals surface area contributed by atoms with E-state index in [0.717, 1.165) is 11.1 Å². The van der Waals surface area contributed by atoms with Gasteiger partial charge in [-0.1, -0.05) is 35.9 Å². The van der Waals surface area contributed by atoms with Gasteiger partial charge < -0.3 is 5.32 Å². The van der Waals surface area contributed by atoms with Crippen LogP contribution in [0.2, 0.25) is 5.02 Å². The maximum absolute atomic E-state index is 12.3. The van der Waals surface area contributed by atoms with Gasteiger partial charge in [0.05, 0.1) is 0 Å². The van der Waals surface area contributed by atoms with Crippen LogP contribution >= 0.6 is 11.6 Å². The number of nitrogens with one attached hydrogen (secondary N) is 2. The van der Waals surface area contributed by atoms with Crippen LogP contribution in [0, 0.1) is 0 Å². The monoisotopic (exact) mass is 366 g/mol. The lowest BCUT2D eigenvalue weighted by Crippen LogP contribution is -2.18. The fourth-order valence-corrected chi connectivity index (χ4v) is 2.59. The zero-order valence-corrected chi connectivity index (χ0v) is 14.3. The van der Waals surface area contributed by atoms with Crippen molar-refractivity contribution in [1.82, 2.24) is 5.48 Å². The molecule has 0 spiro atoms. The average molecular weight is 367 g/mol. The number of amides is 2. The van der Waals surface area contributed by atoms with Crippen LogP contribution in [0.5, 0.6) is 0 Å². The highest BCUT2D eigenvalue weighted by Crippen LogP contribution is 2.23. The third kappa shape index (κ3) is 4.08. The van der Waals surface area contributed by atoms with Gasteiger partial charge >= 0.3 is 0 Å². The van der Waals surface area contributed by atoms with E-state index in [4.69, 9.17) is 16.8 Å². The molecule has 2 amide bonds. The van der Waals surface area contributed by atoms with E-state index in [1.54, 1.807) is 60.1 Å². The van der Waals surface area contributed by atoms with E-state index in [0.29, 0.717) is 21.8 Å². The summed E-state index contributed by atoms with van der Waals surface area (Å²) >= 11 is 5.83. The standard InChI is InChI=1S/C20H15ClN2O3/c21-17-10-8-14(9-11-17)19(24)22-18-3-1-2-16(12-18)13-4-6-15(7-5-13)20(25)23-26/h1-12,26H,(H,22,24)(H,23,25). The Balaban J connectivity index is 1.78. The molecular formula is C20H15ClN2O3. The van der Waals surface area contributed by atoms with Gasteiger partial charge in [0, 0.05) is 21.8 Å². The number of hydrogen-bond acceptors (Lipinski definition) is 3. The smallest absolute Gasteiger partial charge is 0.274 e. The van der Waals surface area contributed by atoms with Gasteiger partial charge in [-0.05, 0) is 59.7 Å². The average Bonchev–Trinajstić information content (AvgIpc) is 2.68. The van der Waals surface area contributed by atoms with Gasteiger partial charge in [-0.2, -0.15) is 0 Å². The minimum absolute atomic E-state index is 0.228. The third-order valence-electron chi connectivity index (χ3n) is 3.81. The molecule has 26 heavy (non-hydrogen) atoms. The number of anilines is 1. The van der Waals surface area contributed by atoms with Crippen LogP contribution < -0.4 is 10.8 Å². The summed E-state index contributed by atoms with van der Waals surface area (Å²) in [4.78, 5) is 23.7. The highest BCUT2D eigenvalue weighted by atomic mass is 35.5. The van der Waals surface area contributed by atoms with E-state index < -0.39 is 5.91 Å².